The number of fused-ring (bicyclic) bond motifs is 1. The molecule has 1 aromatic rings. The predicted molar refractivity (Wildman–Crippen MR) is 78.0 cm³/mol. The Morgan fingerprint density at radius 1 is 1.37 bits per heavy atom. The van der Waals surface area contributed by atoms with Gasteiger partial charge in [-0.25, -0.2) is 0 Å². The molecule has 106 valence electrons. The number of aliphatic hydroxyl groups is 1. The van der Waals surface area contributed by atoms with Crippen LogP contribution in [0.1, 0.15) is 24.9 Å². The Hall–Kier alpha value is -0.910. The normalized spacial score (nSPS) is 14.6. The summed E-state index contributed by atoms with van der Waals surface area (Å²) >= 11 is 1.86. The van der Waals surface area contributed by atoms with Crippen LogP contribution in [0.5, 0.6) is 11.5 Å². The third-order valence-electron chi connectivity index (χ3n) is 2.98. The molecule has 0 saturated carbocycles. The van der Waals surface area contributed by atoms with Crippen molar-refractivity contribution in [2.24, 2.45) is 0 Å². The molecule has 0 aliphatic carbocycles. The Morgan fingerprint density at radius 2 is 2.21 bits per heavy atom. The largest absolute Gasteiger partial charge is 0.454 e. The van der Waals surface area contributed by atoms with Crippen molar-refractivity contribution in [2.45, 2.75) is 19.4 Å². The third kappa shape index (κ3) is 4.03. The van der Waals surface area contributed by atoms with E-state index in [1.54, 1.807) is 0 Å². The highest BCUT2D eigenvalue weighted by Crippen LogP contribution is 2.34. The maximum Gasteiger partial charge on any atom is 0.231 e. The van der Waals surface area contributed by atoms with Crippen molar-refractivity contribution < 1.29 is 14.6 Å². The van der Waals surface area contributed by atoms with Crippen LogP contribution in [0.25, 0.3) is 0 Å². The first-order valence-corrected chi connectivity index (χ1v) is 7.82. The smallest absolute Gasteiger partial charge is 0.231 e. The Balaban J connectivity index is 1.97. The van der Waals surface area contributed by atoms with E-state index in [0.29, 0.717) is 12.8 Å². The van der Waals surface area contributed by atoms with Crippen LogP contribution in [0.4, 0.5) is 0 Å². The molecule has 1 atom stereocenters. The van der Waals surface area contributed by atoms with E-state index < -0.39 is 0 Å². The highest BCUT2D eigenvalue weighted by molar-refractivity contribution is 7.99. The van der Waals surface area contributed by atoms with Crippen molar-refractivity contribution in [1.82, 2.24) is 5.32 Å². The molecule has 0 bridgehead atoms. The summed E-state index contributed by atoms with van der Waals surface area (Å²) in [5.74, 6) is 3.64. The van der Waals surface area contributed by atoms with Crippen molar-refractivity contribution in [3.63, 3.8) is 0 Å². The zero-order valence-corrected chi connectivity index (χ0v) is 12.0. The van der Waals surface area contributed by atoms with Gasteiger partial charge in [0.15, 0.2) is 11.5 Å². The van der Waals surface area contributed by atoms with E-state index in [1.165, 1.54) is 5.56 Å². The number of ether oxygens (including phenoxy) is 2. The average Bonchev–Trinajstić information content (AvgIpc) is 2.89. The van der Waals surface area contributed by atoms with E-state index in [2.05, 4.69) is 24.4 Å². The van der Waals surface area contributed by atoms with Gasteiger partial charge in [-0.2, -0.15) is 11.8 Å². The SMILES string of the molecule is CCNC(CSCCCO)c1ccc2c(c1)OCO2. The quantitative estimate of drug-likeness (QED) is 0.716. The monoisotopic (exact) mass is 283 g/mol. The fourth-order valence-electron chi connectivity index (χ4n) is 2.02. The average molecular weight is 283 g/mol. The lowest BCUT2D eigenvalue weighted by atomic mass is 10.1. The summed E-state index contributed by atoms with van der Waals surface area (Å²) in [4.78, 5) is 0. The first-order chi connectivity index (χ1) is 9.35. The summed E-state index contributed by atoms with van der Waals surface area (Å²) < 4.78 is 10.8. The van der Waals surface area contributed by atoms with Crippen LogP contribution < -0.4 is 14.8 Å². The first-order valence-electron chi connectivity index (χ1n) is 6.66. The summed E-state index contributed by atoms with van der Waals surface area (Å²) in [5, 5.41) is 12.3. The van der Waals surface area contributed by atoms with E-state index in [0.717, 1.165) is 36.0 Å². The molecule has 0 radical (unpaired) electrons. The van der Waals surface area contributed by atoms with E-state index in [1.807, 2.05) is 17.8 Å². The molecule has 0 spiro atoms. The Labute approximate surface area is 118 Å². The molecule has 4 nitrogen and oxygen atoms in total. The van der Waals surface area contributed by atoms with Gasteiger partial charge >= 0.3 is 0 Å². The molecular formula is C14H21NO3S. The molecule has 19 heavy (non-hydrogen) atoms. The standard InChI is InChI=1S/C14H21NO3S/c1-2-15-12(9-19-7-3-6-16)11-4-5-13-14(8-11)18-10-17-13/h4-5,8,12,15-16H,2-3,6-7,9-10H2,1H3. The van der Waals surface area contributed by atoms with Crippen molar-refractivity contribution in [3.8, 4) is 11.5 Å². The molecule has 0 amide bonds. The molecule has 2 rings (SSSR count). The topological polar surface area (TPSA) is 50.7 Å². The zero-order valence-electron chi connectivity index (χ0n) is 11.2. The minimum atomic E-state index is 0.267. The summed E-state index contributed by atoms with van der Waals surface area (Å²) in [7, 11) is 0. The van der Waals surface area contributed by atoms with Gasteiger partial charge in [0, 0.05) is 18.4 Å². The highest BCUT2D eigenvalue weighted by atomic mass is 32.2. The van der Waals surface area contributed by atoms with Gasteiger partial charge < -0.3 is 19.9 Å². The number of thioether (sulfide) groups is 1. The summed E-state index contributed by atoms with van der Waals surface area (Å²) in [6, 6.07) is 6.43. The number of hydrogen-bond donors (Lipinski definition) is 2. The first kappa shape index (κ1) is 14.5. The molecule has 1 aliphatic heterocycles. The van der Waals surface area contributed by atoms with Gasteiger partial charge in [-0.3, -0.25) is 0 Å². The zero-order chi connectivity index (χ0) is 13.5. The number of nitrogens with one attached hydrogen (secondary N) is 1. The highest BCUT2D eigenvalue weighted by Gasteiger charge is 2.17. The van der Waals surface area contributed by atoms with Crippen molar-refractivity contribution >= 4 is 11.8 Å². The van der Waals surface area contributed by atoms with Gasteiger partial charge in [-0.1, -0.05) is 13.0 Å². The van der Waals surface area contributed by atoms with Gasteiger partial charge in [0.25, 0.3) is 0 Å². The van der Waals surface area contributed by atoms with Gasteiger partial charge in [0.05, 0.1) is 0 Å². The minimum Gasteiger partial charge on any atom is -0.454 e. The molecular weight excluding hydrogens is 262 g/mol. The number of aliphatic hydroxyl groups excluding tert-OH is 1. The van der Waals surface area contributed by atoms with Crippen LogP contribution in [0, 0.1) is 0 Å². The minimum absolute atomic E-state index is 0.267. The molecule has 0 fully saturated rings. The van der Waals surface area contributed by atoms with E-state index >= 15 is 0 Å². The second-order valence-corrected chi connectivity index (χ2v) is 5.52. The van der Waals surface area contributed by atoms with Gasteiger partial charge in [0.1, 0.15) is 0 Å². The van der Waals surface area contributed by atoms with E-state index in [4.69, 9.17) is 14.6 Å². The lowest BCUT2D eigenvalue weighted by Crippen LogP contribution is -2.23. The lowest BCUT2D eigenvalue weighted by molar-refractivity contribution is 0.174. The summed E-state index contributed by atoms with van der Waals surface area (Å²) in [5.41, 5.74) is 1.22. The second-order valence-electron chi connectivity index (χ2n) is 4.38. The summed E-state index contributed by atoms with van der Waals surface area (Å²) in [6.07, 6.45) is 0.852. The Bertz CT molecular complexity index is 400. The van der Waals surface area contributed by atoms with Gasteiger partial charge in [-0.05, 0) is 36.4 Å². The number of hydrogen-bond acceptors (Lipinski definition) is 5. The molecule has 1 aliphatic rings. The summed E-state index contributed by atoms with van der Waals surface area (Å²) in [6.45, 7) is 3.62. The maximum atomic E-state index is 8.80. The van der Waals surface area contributed by atoms with E-state index in [9.17, 15) is 0 Å². The van der Waals surface area contributed by atoms with Crippen LogP contribution in [0.2, 0.25) is 0 Å². The molecule has 2 N–H and O–H groups in total. The van der Waals surface area contributed by atoms with Crippen LogP contribution in [-0.4, -0.2) is 36.6 Å². The van der Waals surface area contributed by atoms with Crippen molar-refractivity contribution in [3.05, 3.63) is 23.8 Å². The van der Waals surface area contributed by atoms with E-state index in [-0.39, 0.29) is 6.61 Å². The van der Waals surface area contributed by atoms with Crippen LogP contribution >= 0.6 is 11.8 Å². The molecule has 5 heteroatoms. The third-order valence-corrected chi connectivity index (χ3v) is 4.13. The predicted octanol–water partition coefficient (Wildman–Crippen LogP) is 2.18. The second kappa shape index (κ2) is 7.62. The molecule has 1 unspecified atom stereocenters. The van der Waals surface area contributed by atoms with Crippen LogP contribution in [0.3, 0.4) is 0 Å². The lowest BCUT2D eigenvalue weighted by Gasteiger charge is -2.18. The Morgan fingerprint density at radius 3 is 3.00 bits per heavy atom. The van der Waals surface area contributed by atoms with Gasteiger partial charge in [-0.15, -0.1) is 0 Å². The molecule has 0 saturated heterocycles. The molecule has 0 aromatic heterocycles. The number of rotatable bonds is 8. The molecule has 1 heterocycles. The maximum absolute atomic E-state index is 8.80. The Kier molecular flexibility index (Phi) is 5.82. The fraction of sp³-hybridized carbons (Fsp3) is 0.571. The van der Waals surface area contributed by atoms with Gasteiger partial charge in [0.2, 0.25) is 6.79 Å². The molecule has 1 aromatic carbocycles. The number of benzene rings is 1. The van der Waals surface area contributed by atoms with Crippen LogP contribution in [-0.2, 0) is 0 Å². The fourth-order valence-corrected chi connectivity index (χ4v) is 3.06. The van der Waals surface area contributed by atoms with Crippen molar-refractivity contribution in [1.29, 1.82) is 0 Å². The van der Waals surface area contributed by atoms with Crippen molar-refractivity contribution in [2.75, 3.05) is 31.5 Å². The van der Waals surface area contributed by atoms with Crippen LogP contribution in [0.15, 0.2) is 18.2 Å².